The summed E-state index contributed by atoms with van der Waals surface area (Å²) in [6.45, 7) is 7.91. The molecule has 2 N–H and O–H groups in total. The van der Waals surface area contributed by atoms with Crippen LogP contribution in [0.25, 0.3) is 0 Å². The zero-order valence-electron chi connectivity index (χ0n) is 15.6. The van der Waals surface area contributed by atoms with E-state index in [9.17, 15) is 4.79 Å². The van der Waals surface area contributed by atoms with Crippen molar-refractivity contribution in [3.63, 3.8) is 0 Å². The van der Waals surface area contributed by atoms with Gasteiger partial charge in [-0.25, -0.2) is 4.79 Å². The summed E-state index contributed by atoms with van der Waals surface area (Å²) in [4.78, 5) is 14.7. The first-order valence-corrected chi connectivity index (χ1v) is 9.04. The number of ether oxygens (including phenoxy) is 2. The lowest BCUT2D eigenvalue weighted by Crippen LogP contribution is -2.33. The molecule has 0 radical (unpaired) electrons. The van der Waals surface area contributed by atoms with Gasteiger partial charge in [0.25, 0.3) is 0 Å². The Bertz CT molecular complexity index is 627. The van der Waals surface area contributed by atoms with Crippen molar-refractivity contribution in [1.82, 2.24) is 4.90 Å². The average molecular weight is 347 g/mol. The smallest absolute Gasteiger partial charge is 0.412 e. The molecule has 3 rings (SSSR count). The van der Waals surface area contributed by atoms with Crippen LogP contribution in [0.3, 0.4) is 0 Å². The van der Waals surface area contributed by atoms with Crippen LogP contribution in [-0.2, 0) is 4.74 Å². The van der Waals surface area contributed by atoms with E-state index >= 15 is 0 Å². The summed E-state index contributed by atoms with van der Waals surface area (Å²) in [5.74, 6) is 0.616. The summed E-state index contributed by atoms with van der Waals surface area (Å²) in [6.07, 6.45) is 3.23. The fraction of sp³-hybridized carbons (Fsp3) is 0.632. The molecule has 2 aliphatic rings. The van der Waals surface area contributed by atoms with Crippen molar-refractivity contribution in [3.05, 3.63) is 18.2 Å². The molecule has 1 aromatic rings. The maximum absolute atomic E-state index is 12.1. The number of anilines is 2. The first-order valence-electron chi connectivity index (χ1n) is 9.04. The van der Waals surface area contributed by atoms with Crippen molar-refractivity contribution < 1.29 is 14.3 Å². The van der Waals surface area contributed by atoms with Crippen molar-refractivity contribution in [3.8, 4) is 5.75 Å². The Kier molecular flexibility index (Phi) is 5.08. The number of carbonyl (C=O) groups excluding carboxylic acids is 1. The highest BCUT2D eigenvalue weighted by atomic mass is 16.6. The highest BCUT2D eigenvalue weighted by molar-refractivity contribution is 5.88. The van der Waals surface area contributed by atoms with E-state index in [0.717, 1.165) is 12.1 Å². The third-order valence-electron chi connectivity index (χ3n) is 4.79. The van der Waals surface area contributed by atoms with E-state index in [0.29, 0.717) is 23.5 Å². The van der Waals surface area contributed by atoms with Crippen molar-refractivity contribution >= 4 is 17.5 Å². The molecule has 2 saturated heterocycles. The minimum Gasteiger partial charge on any atom is -0.495 e. The number of carbonyl (C=O) groups is 1. The first kappa shape index (κ1) is 17.9. The lowest BCUT2D eigenvalue weighted by Gasteiger charge is -2.23. The Morgan fingerprint density at radius 1 is 1.24 bits per heavy atom. The van der Waals surface area contributed by atoms with E-state index < -0.39 is 11.7 Å². The van der Waals surface area contributed by atoms with Crippen LogP contribution in [-0.4, -0.2) is 48.9 Å². The number of nitrogens with zero attached hydrogens (tertiary/aromatic N) is 1. The number of methoxy groups -OCH3 is 1. The van der Waals surface area contributed by atoms with Gasteiger partial charge in [0, 0.05) is 24.3 Å². The molecule has 6 nitrogen and oxygen atoms in total. The maximum atomic E-state index is 12.1. The number of hydrogen-bond acceptors (Lipinski definition) is 5. The second-order valence-corrected chi connectivity index (χ2v) is 7.83. The highest BCUT2D eigenvalue weighted by Crippen LogP contribution is 2.33. The van der Waals surface area contributed by atoms with Gasteiger partial charge in [0.15, 0.2) is 0 Å². The van der Waals surface area contributed by atoms with Crippen LogP contribution in [0.4, 0.5) is 16.2 Å². The Labute approximate surface area is 149 Å². The van der Waals surface area contributed by atoms with Crippen molar-refractivity contribution in [2.75, 3.05) is 30.8 Å². The van der Waals surface area contributed by atoms with E-state index in [1.54, 1.807) is 7.11 Å². The van der Waals surface area contributed by atoms with Crippen molar-refractivity contribution in [1.29, 1.82) is 0 Å². The van der Waals surface area contributed by atoms with Gasteiger partial charge in [0.2, 0.25) is 0 Å². The van der Waals surface area contributed by atoms with E-state index in [4.69, 9.17) is 9.47 Å². The Morgan fingerprint density at radius 3 is 2.76 bits per heavy atom. The van der Waals surface area contributed by atoms with Crippen LogP contribution in [0.15, 0.2) is 18.2 Å². The average Bonchev–Trinajstić information content (AvgIpc) is 3.11. The predicted molar refractivity (Wildman–Crippen MR) is 99.5 cm³/mol. The molecule has 1 amide bonds. The molecular formula is C19H29N3O3. The molecule has 6 heteroatoms. The van der Waals surface area contributed by atoms with Crippen molar-refractivity contribution in [2.45, 2.75) is 57.7 Å². The fourth-order valence-corrected chi connectivity index (χ4v) is 3.77. The standard InChI is InChI=1S/C19H29N3O3/c1-19(2,3)25-18(23)21-15-12-13(7-8-17(15)24-4)20-14-9-11-22-10-5-6-16(14)22/h7-8,12,14,16,20H,5-6,9-11H2,1-4H3,(H,21,23). The molecule has 25 heavy (non-hydrogen) atoms. The summed E-state index contributed by atoms with van der Waals surface area (Å²) in [7, 11) is 1.59. The van der Waals surface area contributed by atoms with Gasteiger partial charge in [-0.2, -0.15) is 0 Å². The third kappa shape index (κ3) is 4.37. The quantitative estimate of drug-likeness (QED) is 0.870. The molecule has 2 unspecified atom stereocenters. The van der Waals surface area contributed by atoms with Gasteiger partial charge in [0.1, 0.15) is 11.4 Å². The van der Waals surface area contributed by atoms with Gasteiger partial charge < -0.3 is 14.8 Å². The molecule has 0 aliphatic carbocycles. The zero-order valence-corrected chi connectivity index (χ0v) is 15.6. The SMILES string of the molecule is COc1ccc(NC2CCN3CCCC23)cc1NC(=O)OC(C)(C)C. The van der Waals surface area contributed by atoms with E-state index in [2.05, 4.69) is 15.5 Å². The maximum Gasteiger partial charge on any atom is 0.412 e. The Balaban J connectivity index is 1.70. The lowest BCUT2D eigenvalue weighted by molar-refractivity contribution is 0.0635. The number of rotatable bonds is 4. The minimum atomic E-state index is -0.539. The molecule has 138 valence electrons. The Morgan fingerprint density at radius 2 is 2.04 bits per heavy atom. The van der Waals surface area contributed by atoms with Crippen LogP contribution < -0.4 is 15.4 Å². The topological polar surface area (TPSA) is 62.8 Å². The van der Waals surface area contributed by atoms with Crippen LogP contribution in [0.5, 0.6) is 5.75 Å². The van der Waals surface area contributed by atoms with Gasteiger partial charge in [0.05, 0.1) is 12.8 Å². The summed E-state index contributed by atoms with van der Waals surface area (Å²) in [5, 5.41) is 6.43. The Hall–Kier alpha value is -1.95. The lowest BCUT2D eigenvalue weighted by atomic mass is 10.1. The summed E-state index contributed by atoms with van der Waals surface area (Å²) in [5.41, 5.74) is 1.07. The van der Waals surface area contributed by atoms with Crippen LogP contribution >= 0.6 is 0 Å². The largest absolute Gasteiger partial charge is 0.495 e. The van der Waals surface area contributed by atoms with Gasteiger partial charge in [-0.3, -0.25) is 10.2 Å². The van der Waals surface area contributed by atoms with E-state index in [-0.39, 0.29) is 0 Å². The number of nitrogens with one attached hydrogen (secondary N) is 2. The normalized spacial score (nSPS) is 23.2. The molecule has 0 spiro atoms. The summed E-state index contributed by atoms with van der Waals surface area (Å²) in [6, 6.07) is 6.88. The molecule has 0 bridgehead atoms. The fourth-order valence-electron chi connectivity index (χ4n) is 3.77. The number of amides is 1. The molecule has 0 saturated carbocycles. The highest BCUT2D eigenvalue weighted by Gasteiger charge is 2.37. The zero-order chi connectivity index (χ0) is 18.0. The summed E-state index contributed by atoms with van der Waals surface area (Å²) >= 11 is 0. The minimum absolute atomic E-state index is 0.463. The van der Waals surface area contributed by atoms with Gasteiger partial charge in [-0.05, 0) is 64.8 Å². The van der Waals surface area contributed by atoms with E-state index in [1.165, 1.54) is 25.9 Å². The number of fused-ring (bicyclic) bond motifs is 1. The van der Waals surface area contributed by atoms with Crippen molar-refractivity contribution in [2.24, 2.45) is 0 Å². The predicted octanol–water partition coefficient (Wildman–Crippen LogP) is 3.69. The van der Waals surface area contributed by atoms with Gasteiger partial charge >= 0.3 is 6.09 Å². The second-order valence-electron chi connectivity index (χ2n) is 7.83. The van der Waals surface area contributed by atoms with Crippen LogP contribution in [0.2, 0.25) is 0 Å². The van der Waals surface area contributed by atoms with Crippen LogP contribution in [0.1, 0.15) is 40.0 Å². The molecule has 2 heterocycles. The molecule has 2 atom stereocenters. The first-order chi connectivity index (χ1) is 11.9. The van der Waals surface area contributed by atoms with Crippen LogP contribution in [0, 0.1) is 0 Å². The van der Waals surface area contributed by atoms with E-state index in [1.807, 2.05) is 39.0 Å². The molecule has 2 fully saturated rings. The molecular weight excluding hydrogens is 318 g/mol. The number of benzene rings is 1. The molecule has 0 aromatic heterocycles. The number of hydrogen-bond donors (Lipinski definition) is 2. The second kappa shape index (κ2) is 7.12. The molecule has 2 aliphatic heterocycles. The summed E-state index contributed by atoms with van der Waals surface area (Å²) < 4.78 is 10.7. The monoisotopic (exact) mass is 347 g/mol. The third-order valence-corrected chi connectivity index (χ3v) is 4.79. The van der Waals surface area contributed by atoms with Gasteiger partial charge in [-0.1, -0.05) is 0 Å². The van der Waals surface area contributed by atoms with Gasteiger partial charge in [-0.15, -0.1) is 0 Å². The molecule has 1 aromatic carbocycles.